The fourth-order valence-corrected chi connectivity index (χ4v) is 2.42. The van der Waals surface area contributed by atoms with Gasteiger partial charge in [-0.05, 0) is 28.8 Å². The molecule has 0 bridgehead atoms. The van der Waals surface area contributed by atoms with Gasteiger partial charge in [-0.1, -0.05) is 13.8 Å². The Bertz CT molecular complexity index is 358. The molecule has 4 nitrogen and oxygen atoms in total. The standard InChI is InChI=1S/C11H20BrN3O/c1-4-8-10(12)9(15(3)14-8)6-11(16,5-2)7-13/h16H,4-7,13H2,1-3H3. The summed E-state index contributed by atoms with van der Waals surface area (Å²) in [7, 11) is 1.89. The number of nitrogens with zero attached hydrogens (tertiary/aromatic N) is 2. The van der Waals surface area contributed by atoms with Gasteiger partial charge < -0.3 is 10.8 Å². The van der Waals surface area contributed by atoms with E-state index in [-0.39, 0.29) is 6.54 Å². The van der Waals surface area contributed by atoms with Crippen LogP contribution < -0.4 is 5.73 Å². The van der Waals surface area contributed by atoms with Crippen molar-refractivity contribution in [3.05, 3.63) is 15.9 Å². The lowest BCUT2D eigenvalue weighted by atomic mass is 9.94. The maximum absolute atomic E-state index is 10.2. The molecule has 0 saturated heterocycles. The van der Waals surface area contributed by atoms with E-state index in [1.54, 1.807) is 0 Å². The number of nitrogens with two attached hydrogens (primary N) is 1. The van der Waals surface area contributed by atoms with Crippen LogP contribution in [0.4, 0.5) is 0 Å². The molecule has 0 saturated carbocycles. The molecule has 3 N–H and O–H groups in total. The Morgan fingerprint density at radius 3 is 2.50 bits per heavy atom. The average molecular weight is 290 g/mol. The summed E-state index contributed by atoms with van der Waals surface area (Å²) in [6.45, 7) is 4.27. The third kappa shape index (κ3) is 2.64. The molecule has 5 heteroatoms. The number of aryl methyl sites for hydroxylation is 2. The zero-order valence-electron chi connectivity index (χ0n) is 10.1. The molecular weight excluding hydrogens is 270 g/mol. The lowest BCUT2D eigenvalue weighted by molar-refractivity contribution is 0.0436. The van der Waals surface area contributed by atoms with Crippen molar-refractivity contribution in [2.24, 2.45) is 12.8 Å². The SMILES string of the molecule is CCc1nn(C)c(CC(O)(CC)CN)c1Br. The summed E-state index contributed by atoms with van der Waals surface area (Å²) in [5.74, 6) is 0. The van der Waals surface area contributed by atoms with Crippen LogP contribution in [0.1, 0.15) is 31.7 Å². The fraction of sp³-hybridized carbons (Fsp3) is 0.727. The van der Waals surface area contributed by atoms with E-state index in [2.05, 4.69) is 28.0 Å². The van der Waals surface area contributed by atoms with Crippen LogP contribution in [0.15, 0.2) is 4.47 Å². The quantitative estimate of drug-likeness (QED) is 0.861. The molecule has 1 unspecified atom stereocenters. The van der Waals surface area contributed by atoms with Crippen molar-refractivity contribution in [1.82, 2.24) is 9.78 Å². The number of rotatable bonds is 5. The highest BCUT2D eigenvalue weighted by atomic mass is 79.9. The van der Waals surface area contributed by atoms with Gasteiger partial charge in [-0.2, -0.15) is 5.10 Å². The molecule has 0 aliphatic rings. The van der Waals surface area contributed by atoms with Gasteiger partial charge >= 0.3 is 0 Å². The molecule has 0 spiro atoms. The highest BCUT2D eigenvalue weighted by Crippen LogP contribution is 2.26. The Morgan fingerprint density at radius 2 is 2.12 bits per heavy atom. The minimum Gasteiger partial charge on any atom is -0.388 e. The van der Waals surface area contributed by atoms with E-state index >= 15 is 0 Å². The van der Waals surface area contributed by atoms with Crippen LogP contribution in [0.25, 0.3) is 0 Å². The topological polar surface area (TPSA) is 64.1 Å². The maximum Gasteiger partial charge on any atom is 0.0822 e. The monoisotopic (exact) mass is 289 g/mol. The van der Waals surface area contributed by atoms with Gasteiger partial charge in [-0.15, -0.1) is 0 Å². The van der Waals surface area contributed by atoms with Crippen LogP contribution in [0.3, 0.4) is 0 Å². The van der Waals surface area contributed by atoms with Crippen molar-refractivity contribution in [2.45, 2.75) is 38.7 Å². The van der Waals surface area contributed by atoms with Crippen molar-refractivity contribution in [1.29, 1.82) is 0 Å². The predicted octanol–water partition coefficient (Wildman–Crippen LogP) is 1.39. The molecule has 16 heavy (non-hydrogen) atoms. The molecule has 1 rings (SSSR count). The Morgan fingerprint density at radius 1 is 1.50 bits per heavy atom. The molecular formula is C11H20BrN3O. The van der Waals surface area contributed by atoms with Crippen LogP contribution in [-0.2, 0) is 19.9 Å². The molecule has 0 aliphatic heterocycles. The lowest BCUT2D eigenvalue weighted by Gasteiger charge is -2.24. The van der Waals surface area contributed by atoms with Crippen LogP contribution in [0.5, 0.6) is 0 Å². The summed E-state index contributed by atoms with van der Waals surface area (Å²) in [5.41, 5.74) is 6.81. The van der Waals surface area contributed by atoms with Crippen LogP contribution >= 0.6 is 15.9 Å². The molecule has 92 valence electrons. The van der Waals surface area contributed by atoms with Gasteiger partial charge in [-0.3, -0.25) is 4.68 Å². The van der Waals surface area contributed by atoms with Crippen molar-refractivity contribution in [3.63, 3.8) is 0 Å². The second-order valence-corrected chi connectivity index (χ2v) is 4.94. The molecule has 1 heterocycles. The largest absolute Gasteiger partial charge is 0.388 e. The Kier molecular flexibility index (Phi) is 4.52. The first-order valence-corrected chi connectivity index (χ1v) is 6.39. The summed E-state index contributed by atoms with van der Waals surface area (Å²) in [6, 6.07) is 0. The molecule has 0 aliphatic carbocycles. The fourth-order valence-electron chi connectivity index (χ4n) is 1.67. The van der Waals surface area contributed by atoms with E-state index in [4.69, 9.17) is 5.73 Å². The minimum absolute atomic E-state index is 0.266. The highest BCUT2D eigenvalue weighted by Gasteiger charge is 2.27. The first-order chi connectivity index (χ1) is 7.47. The Balaban J connectivity index is 3.01. The number of aromatic nitrogens is 2. The molecule has 0 fully saturated rings. The zero-order valence-corrected chi connectivity index (χ0v) is 11.7. The van der Waals surface area contributed by atoms with Crippen LogP contribution in [0.2, 0.25) is 0 Å². The molecule has 1 aromatic rings. The van der Waals surface area contributed by atoms with Crippen molar-refractivity contribution < 1.29 is 5.11 Å². The van der Waals surface area contributed by atoms with Gasteiger partial charge in [0.1, 0.15) is 0 Å². The maximum atomic E-state index is 10.2. The summed E-state index contributed by atoms with van der Waals surface area (Å²) in [4.78, 5) is 0. The average Bonchev–Trinajstić information content (AvgIpc) is 2.56. The van der Waals surface area contributed by atoms with Gasteiger partial charge in [-0.25, -0.2) is 0 Å². The van der Waals surface area contributed by atoms with Crippen molar-refractivity contribution >= 4 is 15.9 Å². The number of aliphatic hydroxyl groups is 1. The summed E-state index contributed by atoms with van der Waals surface area (Å²) < 4.78 is 2.82. The Hall–Kier alpha value is -0.390. The van der Waals surface area contributed by atoms with E-state index in [0.717, 1.165) is 22.3 Å². The van der Waals surface area contributed by atoms with Gasteiger partial charge in [0.05, 0.1) is 21.5 Å². The lowest BCUT2D eigenvalue weighted by Crippen LogP contribution is -2.39. The number of hydrogen-bond acceptors (Lipinski definition) is 3. The first-order valence-electron chi connectivity index (χ1n) is 5.60. The van der Waals surface area contributed by atoms with E-state index in [1.807, 2.05) is 18.7 Å². The summed E-state index contributed by atoms with van der Waals surface area (Å²) >= 11 is 3.54. The van der Waals surface area contributed by atoms with Crippen LogP contribution in [-0.4, -0.2) is 27.0 Å². The van der Waals surface area contributed by atoms with Gasteiger partial charge in [0.25, 0.3) is 0 Å². The second-order valence-electron chi connectivity index (χ2n) is 4.14. The third-order valence-corrected chi connectivity index (χ3v) is 3.95. The van der Waals surface area contributed by atoms with E-state index in [9.17, 15) is 5.11 Å². The molecule has 0 amide bonds. The van der Waals surface area contributed by atoms with E-state index in [1.165, 1.54) is 0 Å². The highest BCUT2D eigenvalue weighted by molar-refractivity contribution is 9.10. The van der Waals surface area contributed by atoms with Gasteiger partial charge in [0, 0.05) is 20.0 Å². The second kappa shape index (κ2) is 5.29. The Labute approximate surface area is 105 Å². The smallest absolute Gasteiger partial charge is 0.0822 e. The van der Waals surface area contributed by atoms with Crippen molar-refractivity contribution in [3.8, 4) is 0 Å². The molecule has 1 atom stereocenters. The van der Waals surface area contributed by atoms with Gasteiger partial charge in [0.15, 0.2) is 0 Å². The van der Waals surface area contributed by atoms with Gasteiger partial charge in [0.2, 0.25) is 0 Å². The summed E-state index contributed by atoms with van der Waals surface area (Å²) in [6.07, 6.45) is 2.05. The molecule has 1 aromatic heterocycles. The van der Waals surface area contributed by atoms with E-state index in [0.29, 0.717) is 12.8 Å². The third-order valence-electron chi connectivity index (χ3n) is 3.04. The number of halogens is 1. The molecule has 0 aromatic carbocycles. The zero-order chi connectivity index (χ0) is 12.3. The van der Waals surface area contributed by atoms with Crippen LogP contribution in [0, 0.1) is 0 Å². The first kappa shape index (κ1) is 13.7. The molecule has 0 radical (unpaired) electrons. The van der Waals surface area contributed by atoms with Crippen molar-refractivity contribution in [2.75, 3.05) is 6.54 Å². The summed E-state index contributed by atoms with van der Waals surface area (Å²) in [5, 5.41) is 14.6. The van der Waals surface area contributed by atoms with E-state index < -0.39 is 5.60 Å². The minimum atomic E-state index is -0.832. The number of hydrogen-bond donors (Lipinski definition) is 2. The normalized spacial score (nSPS) is 15.1. The predicted molar refractivity (Wildman–Crippen MR) is 68.3 cm³/mol.